The molecule has 2 atom stereocenters. The molecule has 1 saturated carbocycles. The van der Waals surface area contributed by atoms with Gasteiger partial charge < -0.3 is 14.7 Å². The largest absolute Gasteiger partial charge is 0.334 e. The van der Waals surface area contributed by atoms with E-state index in [1.54, 1.807) is 0 Å². The van der Waals surface area contributed by atoms with E-state index in [2.05, 4.69) is 260 Å². The fraction of sp³-hybridized carbons (Fsp3) is 0.417. The smallest absolute Gasteiger partial charge is 0.252 e. The average molecular weight is 1000 g/mol. The third-order valence-electron chi connectivity index (χ3n) is 19.9. The quantitative estimate of drug-likeness (QED) is 0.163. The van der Waals surface area contributed by atoms with Crippen molar-refractivity contribution in [3.05, 3.63) is 172 Å². The first-order chi connectivity index (χ1) is 35.6. The molecular formula is C72H84BN3. The Morgan fingerprint density at radius 2 is 1.03 bits per heavy atom. The molecule has 5 aliphatic rings. The highest BCUT2D eigenvalue weighted by Crippen LogP contribution is 2.62. The Labute approximate surface area is 458 Å². The van der Waals surface area contributed by atoms with Gasteiger partial charge in [0, 0.05) is 50.8 Å². The molecule has 0 bridgehead atoms. The van der Waals surface area contributed by atoms with E-state index in [0.29, 0.717) is 0 Å². The molecule has 0 aromatic heterocycles. The number of hydrogen-bond acceptors (Lipinski definition) is 3. The Morgan fingerprint density at radius 3 is 1.67 bits per heavy atom. The third-order valence-corrected chi connectivity index (χ3v) is 19.9. The minimum atomic E-state index is -0.147. The molecule has 0 amide bonds. The van der Waals surface area contributed by atoms with Gasteiger partial charge in [-0.05, 0) is 189 Å². The van der Waals surface area contributed by atoms with E-state index in [0.717, 1.165) is 19.3 Å². The fourth-order valence-corrected chi connectivity index (χ4v) is 14.9. The molecule has 0 N–H and O–H groups in total. The minimum absolute atomic E-state index is 0.00892. The molecule has 4 heteroatoms. The van der Waals surface area contributed by atoms with Crippen molar-refractivity contribution in [2.75, 3.05) is 14.7 Å². The van der Waals surface area contributed by atoms with Gasteiger partial charge in [-0.1, -0.05) is 188 Å². The summed E-state index contributed by atoms with van der Waals surface area (Å²) in [6.45, 7) is 41.1. The maximum atomic E-state index is 2.83. The van der Waals surface area contributed by atoms with Crippen molar-refractivity contribution in [3.8, 4) is 11.1 Å². The van der Waals surface area contributed by atoms with Crippen LogP contribution in [-0.4, -0.2) is 12.3 Å². The molecule has 3 aliphatic heterocycles. The maximum Gasteiger partial charge on any atom is 0.252 e. The predicted molar refractivity (Wildman–Crippen MR) is 330 cm³/mol. The molecule has 76 heavy (non-hydrogen) atoms. The number of aryl methyl sites for hydroxylation is 2. The van der Waals surface area contributed by atoms with Gasteiger partial charge in [0.25, 0.3) is 6.71 Å². The molecule has 0 radical (unpaired) electrons. The number of hydrogen-bond donors (Lipinski definition) is 0. The van der Waals surface area contributed by atoms with Crippen molar-refractivity contribution in [3.63, 3.8) is 0 Å². The van der Waals surface area contributed by atoms with Gasteiger partial charge in [-0.2, -0.15) is 0 Å². The topological polar surface area (TPSA) is 9.72 Å². The summed E-state index contributed by atoms with van der Waals surface area (Å²) in [7, 11) is 0. The van der Waals surface area contributed by atoms with Crippen molar-refractivity contribution in [2.45, 2.75) is 194 Å². The lowest BCUT2D eigenvalue weighted by Gasteiger charge is -2.51. The lowest BCUT2D eigenvalue weighted by molar-refractivity contribution is 0.195. The highest BCUT2D eigenvalue weighted by Gasteiger charge is 2.58. The molecule has 0 saturated heterocycles. The van der Waals surface area contributed by atoms with Crippen LogP contribution in [0.15, 0.2) is 127 Å². The second-order valence-corrected chi connectivity index (χ2v) is 29.0. The van der Waals surface area contributed by atoms with Crippen LogP contribution in [0.4, 0.5) is 45.5 Å². The zero-order valence-corrected chi connectivity index (χ0v) is 49.3. The SMILES string of the molecule is Cc1cc(C)c2c(c1)C1(C)CCCCC1(C)N2c1ccc2c(c1)N(c1ccc(C(C)(C)C)cc1)c1cc(C(C)(C)C)cc3c1B2c1cc2c(cc1N3c1ccc(C(C)(C)C)cc1-c1ccccc1)C(C)(C)CCC2(C)C. The van der Waals surface area contributed by atoms with Crippen LogP contribution >= 0.6 is 0 Å². The Morgan fingerprint density at radius 1 is 0.447 bits per heavy atom. The second-order valence-electron chi connectivity index (χ2n) is 29.0. The van der Waals surface area contributed by atoms with Gasteiger partial charge in [-0.3, -0.25) is 0 Å². The monoisotopic (exact) mass is 1000 g/mol. The van der Waals surface area contributed by atoms with Crippen LogP contribution in [0.1, 0.15) is 187 Å². The van der Waals surface area contributed by atoms with Gasteiger partial charge in [-0.25, -0.2) is 0 Å². The van der Waals surface area contributed by atoms with Crippen LogP contribution in [0.2, 0.25) is 0 Å². The highest BCUT2D eigenvalue weighted by molar-refractivity contribution is 7.00. The van der Waals surface area contributed by atoms with Gasteiger partial charge in [-0.15, -0.1) is 0 Å². The molecule has 7 aromatic carbocycles. The first-order valence-corrected chi connectivity index (χ1v) is 29.0. The predicted octanol–water partition coefficient (Wildman–Crippen LogP) is 18.0. The van der Waals surface area contributed by atoms with Crippen LogP contribution in [0, 0.1) is 13.8 Å². The van der Waals surface area contributed by atoms with Gasteiger partial charge in [0.1, 0.15) is 0 Å². The fourth-order valence-electron chi connectivity index (χ4n) is 14.9. The molecule has 2 unspecified atom stereocenters. The Hall–Kier alpha value is -6.00. The molecule has 1 fully saturated rings. The Kier molecular flexibility index (Phi) is 11.2. The Bertz CT molecular complexity index is 3500. The van der Waals surface area contributed by atoms with Crippen LogP contribution in [0.5, 0.6) is 0 Å². The van der Waals surface area contributed by atoms with Gasteiger partial charge in [0.2, 0.25) is 0 Å². The van der Waals surface area contributed by atoms with Crippen LogP contribution in [0.3, 0.4) is 0 Å². The van der Waals surface area contributed by atoms with E-state index in [9.17, 15) is 0 Å². The van der Waals surface area contributed by atoms with E-state index in [1.807, 2.05) is 0 Å². The average Bonchev–Trinajstić information content (AvgIpc) is 3.63. The first-order valence-electron chi connectivity index (χ1n) is 29.0. The van der Waals surface area contributed by atoms with Crippen molar-refractivity contribution in [1.29, 1.82) is 0 Å². The summed E-state index contributed by atoms with van der Waals surface area (Å²) in [6.07, 6.45) is 7.21. The number of anilines is 8. The second kappa shape index (κ2) is 16.8. The molecule has 3 heterocycles. The Balaban J connectivity index is 1.21. The van der Waals surface area contributed by atoms with E-state index in [1.165, 1.54) is 137 Å². The molecule has 7 aromatic rings. The van der Waals surface area contributed by atoms with E-state index in [-0.39, 0.29) is 44.7 Å². The van der Waals surface area contributed by atoms with Crippen LogP contribution < -0.4 is 31.1 Å². The highest BCUT2D eigenvalue weighted by atomic mass is 15.3. The first kappa shape index (κ1) is 50.8. The summed E-state index contributed by atoms with van der Waals surface area (Å²) in [4.78, 5) is 8.24. The summed E-state index contributed by atoms with van der Waals surface area (Å²) in [5.41, 5.74) is 28.1. The lowest BCUT2D eigenvalue weighted by atomic mass is 9.33. The normalized spacial score (nSPS) is 21.1. The van der Waals surface area contributed by atoms with Gasteiger partial charge >= 0.3 is 0 Å². The van der Waals surface area contributed by atoms with Crippen LogP contribution in [-0.2, 0) is 32.5 Å². The summed E-state index contributed by atoms with van der Waals surface area (Å²) in [5, 5.41) is 0. The van der Waals surface area contributed by atoms with Crippen molar-refractivity contribution >= 4 is 68.6 Å². The summed E-state index contributed by atoms with van der Waals surface area (Å²) in [5.74, 6) is 0. The van der Waals surface area contributed by atoms with E-state index in [4.69, 9.17) is 0 Å². The van der Waals surface area contributed by atoms with Gasteiger partial charge in [0.05, 0.1) is 11.2 Å². The number of nitrogens with zero attached hydrogens (tertiary/aromatic N) is 3. The summed E-state index contributed by atoms with van der Waals surface area (Å²) in [6, 6.07) is 51.4. The summed E-state index contributed by atoms with van der Waals surface area (Å²) >= 11 is 0. The molecule has 0 spiro atoms. The maximum absolute atomic E-state index is 2.83. The third kappa shape index (κ3) is 7.56. The standard InChI is InChI=1S/C72H84BN3/c1-45-37-46(2)65-56(38-45)71(16)33-21-22-34-72(71,17)76(65)52-30-31-57-60(42-52)74(51-28-25-48(26-29-51)66(3,4)5)62-40-50(68(9,10)11)41-63-64(62)73(57)58-43-54-55(70(14,15)36-35-69(54,12)13)44-61(58)75(63)59-32-27-49(67(6,7)8)39-53(59)47-23-19-18-20-24-47/h18-20,23-32,37-44H,21-22,33-36H2,1-17H3. The van der Waals surface area contributed by atoms with Crippen molar-refractivity contribution in [1.82, 2.24) is 0 Å². The van der Waals surface area contributed by atoms with Gasteiger partial charge in [0.15, 0.2) is 0 Å². The van der Waals surface area contributed by atoms with E-state index >= 15 is 0 Å². The molecule has 2 aliphatic carbocycles. The van der Waals surface area contributed by atoms with Crippen molar-refractivity contribution < 1.29 is 0 Å². The number of fused-ring (bicyclic) bond motifs is 8. The molecule has 3 nitrogen and oxygen atoms in total. The van der Waals surface area contributed by atoms with Crippen molar-refractivity contribution in [2.24, 2.45) is 0 Å². The zero-order chi connectivity index (χ0) is 54.0. The van der Waals surface area contributed by atoms with Crippen LogP contribution in [0.25, 0.3) is 11.1 Å². The summed E-state index contributed by atoms with van der Waals surface area (Å²) < 4.78 is 0. The molecular weight excluding hydrogens is 918 g/mol. The lowest BCUT2D eigenvalue weighted by Crippen LogP contribution is -2.62. The molecule has 12 rings (SSSR count). The minimum Gasteiger partial charge on any atom is -0.334 e. The number of rotatable bonds is 4. The molecule has 390 valence electrons. The van der Waals surface area contributed by atoms with E-state index < -0.39 is 0 Å². The zero-order valence-electron chi connectivity index (χ0n) is 49.3. The number of benzene rings is 7.